The highest BCUT2D eigenvalue weighted by molar-refractivity contribution is 5.86. The molecule has 0 fully saturated rings. The van der Waals surface area contributed by atoms with Crippen LogP contribution in [-0.2, 0) is 13.6 Å². The Hall–Kier alpha value is -2.23. The molecule has 4 heteroatoms. The summed E-state index contributed by atoms with van der Waals surface area (Å²) < 4.78 is 9.92. The first kappa shape index (κ1) is 11.8. The minimum atomic E-state index is 0.687. The lowest BCUT2D eigenvalue weighted by atomic mass is 10.2. The summed E-state index contributed by atoms with van der Waals surface area (Å²) in [5, 5.41) is 1.16. The maximum absolute atomic E-state index is 5.66. The molecule has 3 aromatic rings. The van der Waals surface area contributed by atoms with Gasteiger partial charge in [0.25, 0.3) is 0 Å². The number of imidazole rings is 1. The number of rotatable bonds is 4. The molecule has 0 saturated carbocycles. The quantitative estimate of drug-likeness (QED) is 0.718. The highest BCUT2D eigenvalue weighted by atomic mass is 16.5. The number of aromatic nitrogens is 3. The second kappa shape index (κ2) is 4.80. The normalized spacial score (nSPS) is 11.1. The van der Waals surface area contributed by atoms with Crippen molar-refractivity contribution in [1.82, 2.24) is 14.1 Å². The van der Waals surface area contributed by atoms with Crippen LogP contribution in [0.4, 0.5) is 0 Å². The Balaban J connectivity index is 2.01. The van der Waals surface area contributed by atoms with Gasteiger partial charge in [-0.1, -0.05) is 6.07 Å². The molecule has 1 aromatic carbocycles. The van der Waals surface area contributed by atoms with Crippen LogP contribution in [0.15, 0.2) is 43.0 Å². The number of fused-ring (bicyclic) bond motifs is 1. The number of benzene rings is 1. The average molecular weight is 255 g/mol. The van der Waals surface area contributed by atoms with E-state index in [4.69, 9.17) is 4.74 Å². The Morgan fingerprint density at radius 1 is 1.26 bits per heavy atom. The van der Waals surface area contributed by atoms with Crippen LogP contribution in [0.25, 0.3) is 10.9 Å². The van der Waals surface area contributed by atoms with Crippen LogP contribution in [-0.4, -0.2) is 20.7 Å². The largest absolute Gasteiger partial charge is 0.493 e. The van der Waals surface area contributed by atoms with Crippen molar-refractivity contribution in [3.63, 3.8) is 0 Å². The second-order valence-corrected chi connectivity index (χ2v) is 4.56. The van der Waals surface area contributed by atoms with Gasteiger partial charge >= 0.3 is 0 Å². The predicted octanol–water partition coefficient (Wildman–Crippen LogP) is 2.82. The van der Waals surface area contributed by atoms with E-state index in [2.05, 4.69) is 27.9 Å². The van der Waals surface area contributed by atoms with Gasteiger partial charge in [0, 0.05) is 24.8 Å². The molecule has 0 aliphatic rings. The first-order valence-corrected chi connectivity index (χ1v) is 6.45. The van der Waals surface area contributed by atoms with E-state index in [9.17, 15) is 0 Å². The van der Waals surface area contributed by atoms with Gasteiger partial charge in [-0.2, -0.15) is 0 Å². The van der Waals surface area contributed by atoms with Crippen LogP contribution in [0.5, 0.6) is 5.75 Å². The van der Waals surface area contributed by atoms with Gasteiger partial charge in [-0.25, -0.2) is 4.98 Å². The summed E-state index contributed by atoms with van der Waals surface area (Å²) in [5.41, 5.74) is 2.37. The molecule has 4 nitrogen and oxygen atoms in total. The summed E-state index contributed by atoms with van der Waals surface area (Å²) >= 11 is 0. The van der Waals surface area contributed by atoms with Crippen molar-refractivity contribution < 1.29 is 4.74 Å². The monoisotopic (exact) mass is 255 g/mol. The van der Waals surface area contributed by atoms with Gasteiger partial charge in [0.15, 0.2) is 0 Å². The van der Waals surface area contributed by atoms with Gasteiger partial charge in [0.05, 0.1) is 30.7 Å². The summed E-state index contributed by atoms with van der Waals surface area (Å²) in [7, 11) is 2.01. The minimum Gasteiger partial charge on any atom is -0.493 e. The zero-order chi connectivity index (χ0) is 13.2. The van der Waals surface area contributed by atoms with E-state index < -0.39 is 0 Å². The summed E-state index contributed by atoms with van der Waals surface area (Å²) in [6, 6.07) is 8.28. The van der Waals surface area contributed by atoms with Crippen LogP contribution in [0.2, 0.25) is 0 Å². The second-order valence-electron chi connectivity index (χ2n) is 4.56. The SMILES string of the molecule is CCOc1cccc2c1ccn2Cc1cncn1C. The van der Waals surface area contributed by atoms with E-state index in [1.807, 2.05) is 43.2 Å². The summed E-state index contributed by atoms with van der Waals surface area (Å²) in [5.74, 6) is 0.948. The van der Waals surface area contributed by atoms with E-state index in [1.54, 1.807) is 0 Å². The number of nitrogens with zero attached hydrogens (tertiary/aromatic N) is 3. The first-order chi connectivity index (χ1) is 9.29. The molecule has 0 spiro atoms. The third-order valence-electron chi connectivity index (χ3n) is 3.32. The smallest absolute Gasteiger partial charge is 0.128 e. The number of aryl methyl sites for hydroxylation is 1. The molecule has 0 radical (unpaired) electrons. The number of hydrogen-bond donors (Lipinski definition) is 0. The fourth-order valence-electron chi connectivity index (χ4n) is 2.33. The number of ether oxygens (including phenoxy) is 1. The molecule has 0 unspecified atom stereocenters. The van der Waals surface area contributed by atoms with Gasteiger partial charge < -0.3 is 13.9 Å². The molecule has 2 aromatic heterocycles. The fourth-order valence-corrected chi connectivity index (χ4v) is 2.33. The molecule has 0 amide bonds. The first-order valence-electron chi connectivity index (χ1n) is 6.45. The molecule has 0 aliphatic heterocycles. The summed E-state index contributed by atoms with van der Waals surface area (Å²) in [4.78, 5) is 4.15. The highest BCUT2D eigenvalue weighted by Gasteiger charge is 2.07. The molecule has 98 valence electrons. The maximum atomic E-state index is 5.66. The molecule has 19 heavy (non-hydrogen) atoms. The van der Waals surface area contributed by atoms with Crippen molar-refractivity contribution in [2.45, 2.75) is 13.5 Å². The van der Waals surface area contributed by atoms with Crippen LogP contribution >= 0.6 is 0 Å². The van der Waals surface area contributed by atoms with Crippen molar-refractivity contribution in [3.05, 3.63) is 48.7 Å². The van der Waals surface area contributed by atoms with E-state index in [1.165, 1.54) is 11.2 Å². The summed E-state index contributed by atoms with van der Waals surface area (Å²) in [6.45, 7) is 3.51. The molecular formula is C15H17N3O. The van der Waals surface area contributed by atoms with Gasteiger partial charge in [0.1, 0.15) is 5.75 Å². The van der Waals surface area contributed by atoms with Crippen molar-refractivity contribution in [1.29, 1.82) is 0 Å². The van der Waals surface area contributed by atoms with Gasteiger partial charge in [-0.05, 0) is 25.1 Å². The molecule has 0 saturated heterocycles. The average Bonchev–Trinajstić information content (AvgIpc) is 2.99. The molecule has 0 N–H and O–H groups in total. The highest BCUT2D eigenvalue weighted by Crippen LogP contribution is 2.27. The van der Waals surface area contributed by atoms with E-state index in [0.29, 0.717) is 6.61 Å². The Bertz CT molecular complexity index is 696. The third kappa shape index (κ3) is 2.10. The van der Waals surface area contributed by atoms with Crippen LogP contribution in [0.3, 0.4) is 0 Å². The van der Waals surface area contributed by atoms with E-state index in [-0.39, 0.29) is 0 Å². The lowest BCUT2D eigenvalue weighted by Crippen LogP contribution is -2.02. The van der Waals surface area contributed by atoms with Crippen molar-refractivity contribution in [2.75, 3.05) is 6.61 Å². The molecular weight excluding hydrogens is 238 g/mol. The van der Waals surface area contributed by atoms with Crippen LogP contribution in [0.1, 0.15) is 12.6 Å². The Kier molecular flexibility index (Phi) is 2.99. The molecule has 2 heterocycles. The fraction of sp³-hybridized carbons (Fsp3) is 0.267. The van der Waals surface area contributed by atoms with Gasteiger partial charge in [-0.15, -0.1) is 0 Å². The number of hydrogen-bond acceptors (Lipinski definition) is 2. The molecule has 0 atom stereocenters. The minimum absolute atomic E-state index is 0.687. The standard InChI is InChI=1S/C15H17N3O/c1-3-19-15-6-4-5-14-13(15)7-8-18(14)10-12-9-16-11-17(12)2/h4-9,11H,3,10H2,1-2H3. The van der Waals surface area contributed by atoms with Crippen molar-refractivity contribution in [2.24, 2.45) is 7.05 Å². The van der Waals surface area contributed by atoms with E-state index >= 15 is 0 Å². The third-order valence-corrected chi connectivity index (χ3v) is 3.32. The maximum Gasteiger partial charge on any atom is 0.128 e. The zero-order valence-electron chi connectivity index (χ0n) is 11.2. The van der Waals surface area contributed by atoms with Crippen molar-refractivity contribution >= 4 is 10.9 Å². The lowest BCUT2D eigenvalue weighted by Gasteiger charge is -2.08. The molecule has 3 rings (SSSR count). The Labute approximate surface area is 112 Å². The predicted molar refractivity (Wildman–Crippen MR) is 75.4 cm³/mol. The van der Waals surface area contributed by atoms with Gasteiger partial charge in [-0.3, -0.25) is 0 Å². The Morgan fingerprint density at radius 3 is 2.89 bits per heavy atom. The van der Waals surface area contributed by atoms with Crippen molar-refractivity contribution in [3.8, 4) is 5.75 Å². The van der Waals surface area contributed by atoms with Crippen LogP contribution < -0.4 is 4.74 Å². The topological polar surface area (TPSA) is 32.0 Å². The lowest BCUT2D eigenvalue weighted by molar-refractivity contribution is 0.344. The Morgan fingerprint density at radius 2 is 2.16 bits per heavy atom. The van der Waals surface area contributed by atoms with Crippen LogP contribution in [0, 0.1) is 0 Å². The summed E-state index contributed by atoms with van der Waals surface area (Å²) in [6.07, 6.45) is 5.82. The molecule has 0 aliphatic carbocycles. The van der Waals surface area contributed by atoms with E-state index in [0.717, 1.165) is 17.7 Å². The van der Waals surface area contributed by atoms with Gasteiger partial charge in [0.2, 0.25) is 0 Å². The zero-order valence-corrected chi connectivity index (χ0v) is 11.2. The molecule has 0 bridgehead atoms.